The molecule has 2 N–H and O–H groups in total. The van der Waals surface area contributed by atoms with Crippen molar-refractivity contribution < 1.29 is 13.9 Å². The topological polar surface area (TPSA) is 65.2 Å². The molecule has 0 radical (unpaired) electrons. The van der Waals surface area contributed by atoms with Gasteiger partial charge in [0.2, 0.25) is 0 Å². The Hall–Kier alpha value is -1.85. The molecule has 1 aromatic carbocycles. The van der Waals surface area contributed by atoms with Crippen LogP contribution in [0, 0.1) is 11.7 Å². The number of esters is 1. The average Bonchev–Trinajstić information content (AvgIpc) is 2.67. The summed E-state index contributed by atoms with van der Waals surface area (Å²) in [4.78, 5) is 16.6. The summed E-state index contributed by atoms with van der Waals surface area (Å²) < 4.78 is 19.9. The zero-order valence-corrected chi connectivity index (χ0v) is 16.9. The minimum Gasteiger partial charge on any atom is -0.461 e. The lowest BCUT2D eigenvalue weighted by atomic mass is 10.0. The van der Waals surface area contributed by atoms with E-state index in [0.29, 0.717) is 10.6 Å². The number of anilines is 1. The van der Waals surface area contributed by atoms with Gasteiger partial charge in [0.15, 0.2) is 11.5 Å². The Morgan fingerprint density at radius 1 is 1.26 bits per heavy atom. The minimum absolute atomic E-state index is 0.0708. The van der Waals surface area contributed by atoms with Gasteiger partial charge in [-0.1, -0.05) is 68.4 Å². The molecule has 1 unspecified atom stereocenters. The molecule has 0 amide bonds. The van der Waals surface area contributed by atoms with Crippen LogP contribution in [0.25, 0.3) is 11.3 Å². The molecule has 0 saturated carbocycles. The van der Waals surface area contributed by atoms with Crippen molar-refractivity contribution in [2.45, 2.75) is 39.5 Å². The van der Waals surface area contributed by atoms with E-state index in [1.807, 2.05) is 6.92 Å². The summed E-state index contributed by atoms with van der Waals surface area (Å²) in [5.74, 6) is -1.23. The molecule has 7 heteroatoms. The summed E-state index contributed by atoms with van der Waals surface area (Å²) in [6.07, 6.45) is 4.02. The summed E-state index contributed by atoms with van der Waals surface area (Å²) >= 11 is 11.9. The summed E-state index contributed by atoms with van der Waals surface area (Å²) in [6, 6.07) is 6.38. The van der Waals surface area contributed by atoms with Crippen molar-refractivity contribution in [2.24, 2.45) is 5.92 Å². The van der Waals surface area contributed by atoms with E-state index in [4.69, 9.17) is 33.7 Å². The second kappa shape index (κ2) is 9.90. The number of benzene rings is 1. The third-order valence-corrected chi connectivity index (χ3v) is 5.05. The summed E-state index contributed by atoms with van der Waals surface area (Å²) in [7, 11) is 0. The number of hydrogen-bond acceptors (Lipinski definition) is 4. The molecule has 4 nitrogen and oxygen atoms in total. The number of hydrogen-bond donors (Lipinski definition) is 1. The number of nitrogen functional groups attached to an aromatic ring is 1. The zero-order chi connectivity index (χ0) is 20.0. The third-order valence-electron chi connectivity index (χ3n) is 4.42. The molecule has 2 rings (SSSR count). The van der Waals surface area contributed by atoms with E-state index in [1.165, 1.54) is 0 Å². The molecule has 0 aliphatic heterocycles. The molecule has 0 spiro atoms. The number of unbranched alkanes of at least 4 members (excludes halogenated alkanes) is 1. The maximum atomic E-state index is 14.5. The lowest BCUT2D eigenvalue weighted by molar-refractivity contribution is 0.0421. The van der Waals surface area contributed by atoms with Crippen LogP contribution in [-0.4, -0.2) is 17.6 Å². The molecule has 1 atom stereocenters. The number of nitrogens with zero attached hydrogens (tertiary/aromatic N) is 1. The third kappa shape index (κ3) is 5.33. The van der Waals surface area contributed by atoms with Crippen LogP contribution in [0.4, 0.5) is 10.1 Å². The van der Waals surface area contributed by atoms with Crippen LogP contribution in [0.15, 0.2) is 24.3 Å². The molecule has 0 fully saturated rings. The Kier molecular flexibility index (Phi) is 7.87. The standard InChI is InChI=1S/C20H23Cl2FN2O2/c1-3-5-6-12(4-2)11-27-20(26)19-15(22)17(24)16(23)18(25-19)13-7-9-14(21)10-8-13/h7-10,12H,3-6,11H2,1-2H3,(H2,24,25). The Labute approximate surface area is 168 Å². The average molecular weight is 413 g/mol. The molecule has 0 saturated heterocycles. The van der Waals surface area contributed by atoms with E-state index < -0.39 is 11.8 Å². The highest BCUT2D eigenvalue weighted by Gasteiger charge is 2.24. The quantitative estimate of drug-likeness (QED) is 0.527. The first-order valence-electron chi connectivity index (χ1n) is 8.96. The number of pyridine rings is 1. The Morgan fingerprint density at radius 3 is 2.52 bits per heavy atom. The summed E-state index contributed by atoms with van der Waals surface area (Å²) in [5, 5.41) is 0.259. The summed E-state index contributed by atoms with van der Waals surface area (Å²) in [5.41, 5.74) is 5.60. The second-order valence-electron chi connectivity index (χ2n) is 6.37. The fourth-order valence-corrected chi connectivity index (χ4v) is 2.98. The van der Waals surface area contributed by atoms with Crippen molar-refractivity contribution in [2.75, 3.05) is 12.3 Å². The maximum absolute atomic E-state index is 14.5. The van der Waals surface area contributed by atoms with Crippen molar-refractivity contribution in [3.05, 3.63) is 45.8 Å². The van der Waals surface area contributed by atoms with Crippen LogP contribution < -0.4 is 5.73 Å². The normalized spacial score (nSPS) is 12.0. The SMILES string of the molecule is CCCCC(CC)COC(=O)c1nc(-c2ccc(Cl)cc2)c(F)c(N)c1Cl. The molecular formula is C20H23Cl2FN2O2. The smallest absolute Gasteiger partial charge is 0.358 e. The molecule has 0 aliphatic carbocycles. The molecule has 1 aromatic heterocycles. The first-order chi connectivity index (χ1) is 12.9. The molecule has 0 bridgehead atoms. The summed E-state index contributed by atoms with van der Waals surface area (Å²) in [6.45, 7) is 4.43. The number of nitrogens with two attached hydrogens (primary N) is 1. The lowest BCUT2D eigenvalue weighted by Crippen LogP contribution is -2.17. The van der Waals surface area contributed by atoms with Crippen LogP contribution >= 0.6 is 23.2 Å². The number of aromatic nitrogens is 1. The Morgan fingerprint density at radius 2 is 1.93 bits per heavy atom. The van der Waals surface area contributed by atoms with Crippen LogP contribution in [0.1, 0.15) is 50.0 Å². The van der Waals surface area contributed by atoms with Gasteiger partial charge in [0.25, 0.3) is 0 Å². The van der Waals surface area contributed by atoms with Gasteiger partial charge in [-0.05, 0) is 24.5 Å². The van der Waals surface area contributed by atoms with E-state index in [2.05, 4.69) is 11.9 Å². The van der Waals surface area contributed by atoms with Crippen LogP contribution in [0.2, 0.25) is 10.0 Å². The predicted octanol–water partition coefficient (Wildman–Crippen LogP) is 6.15. The molecule has 146 valence electrons. The van der Waals surface area contributed by atoms with Gasteiger partial charge in [-0.25, -0.2) is 14.2 Å². The molecular weight excluding hydrogens is 390 g/mol. The van der Waals surface area contributed by atoms with E-state index in [-0.39, 0.29) is 34.6 Å². The van der Waals surface area contributed by atoms with Gasteiger partial charge in [0.1, 0.15) is 5.69 Å². The fraction of sp³-hybridized carbons (Fsp3) is 0.400. The minimum atomic E-state index is -0.784. The van der Waals surface area contributed by atoms with Crippen LogP contribution in [0.5, 0.6) is 0 Å². The largest absolute Gasteiger partial charge is 0.461 e. The first-order valence-corrected chi connectivity index (χ1v) is 9.72. The van der Waals surface area contributed by atoms with Gasteiger partial charge in [-0.2, -0.15) is 0 Å². The van der Waals surface area contributed by atoms with E-state index in [1.54, 1.807) is 24.3 Å². The van der Waals surface area contributed by atoms with Crippen molar-refractivity contribution in [1.82, 2.24) is 4.98 Å². The molecule has 27 heavy (non-hydrogen) atoms. The Balaban J connectivity index is 2.28. The van der Waals surface area contributed by atoms with Gasteiger partial charge in [0, 0.05) is 10.6 Å². The van der Waals surface area contributed by atoms with Crippen molar-refractivity contribution in [1.29, 1.82) is 0 Å². The highest BCUT2D eigenvalue weighted by molar-refractivity contribution is 6.35. The predicted molar refractivity (Wildman–Crippen MR) is 108 cm³/mol. The van der Waals surface area contributed by atoms with Gasteiger partial charge in [-0.3, -0.25) is 0 Å². The first kappa shape index (κ1) is 21.5. The van der Waals surface area contributed by atoms with Gasteiger partial charge in [-0.15, -0.1) is 0 Å². The zero-order valence-electron chi connectivity index (χ0n) is 15.4. The van der Waals surface area contributed by atoms with Crippen molar-refractivity contribution >= 4 is 34.9 Å². The van der Waals surface area contributed by atoms with E-state index in [9.17, 15) is 9.18 Å². The van der Waals surface area contributed by atoms with Crippen LogP contribution in [0.3, 0.4) is 0 Å². The van der Waals surface area contributed by atoms with Gasteiger partial charge < -0.3 is 10.5 Å². The van der Waals surface area contributed by atoms with E-state index >= 15 is 0 Å². The van der Waals surface area contributed by atoms with E-state index in [0.717, 1.165) is 25.7 Å². The van der Waals surface area contributed by atoms with Gasteiger partial charge in [0.05, 0.1) is 17.3 Å². The number of ether oxygens (including phenoxy) is 1. The number of halogens is 3. The number of carbonyl (C=O) groups excluding carboxylic acids is 1. The van der Waals surface area contributed by atoms with Crippen LogP contribution in [-0.2, 0) is 4.74 Å². The molecule has 2 aromatic rings. The van der Waals surface area contributed by atoms with Crippen molar-refractivity contribution in [3.8, 4) is 11.3 Å². The molecule has 1 heterocycles. The molecule has 0 aliphatic rings. The second-order valence-corrected chi connectivity index (χ2v) is 7.19. The maximum Gasteiger partial charge on any atom is 0.358 e. The highest BCUT2D eigenvalue weighted by Crippen LogP contribution is 2.33. The fourth-order valence-electron chi connectivity index (χ4n) is 2.66. The van der Waals surface area contributed by atoms with Crippen molar-refractivity contribution in [3.63, 3.8) is 0 Å². The highest BCUT2D eigenvalue weighted by atomic mass is 35.5. The van der Waals surface area contributed by atoms with Gasteiger partial charge >= 0.3 is 5.97 Å². The number of rotatable bonds is 8. The Bertz CT molecular complexity index is 798. The monoisotopic (exact) mass is 412 g/mol. The number of carbonyl (C=O) groups is 1. The lowest BCUT2D eigenvalue weighted by Gasteiger charge is -2.16.